The average molecular weight is 284 g/mol. The SMILES string of the molecule is O=C(O)CCCN(CCc1ccncc1)c1ccccc1. The van der Waals surface area contributed by atoms with E-state index in [1.165, 1.54) is 5.56 Å². The van der Waals surface area contributed by atoms with Crippen molar-refractivity contribution in [3.63, 3.8) is 0 Å². The van der Waals surface area contributed by atoms with Crippen molar-refractivity contribution in [1.82, 2.24) is 4.98 Å². The zero-order valence-corrected chi connectivity index (χ0v) is 12.0. The highest BCUT2D eigenvalue weighted by Gasteiger charge is 2.07. The first kappa shape index (κ1) is 15.0. The van der Waals surface area contributed by atoms with Gasteiger partial charge in [-0.3, -0.25) is 9.78 Å². The molecular formula is C17H20N2O2. The third-order valence-corrected chi connectivity index (χ3v) is 3.36. The summed E-state index contributed by atoms with van der Waals surface area (Å²) in [5.41, 5.74) is 2.38. The molecule has 0 aliphatic carbocycles. The van der Waals surface area contributed by atoms with Gasteiger partial charge in [-0.15, -0.1) is 0 Å². The Morgan fingerprint density at radius 3 is 2.43 bits per heavy atom. The molecule has 0 aliphatic heterocycles. The van der Waals surface area contributed by atoms with Crippen LogP contribution in [0.4, 0.5) is 5.69 Å². The maximum absolute atomic E-state index is 10.7. The second kappa shape index (κ2) is 8.04. The molecule has 0 unspecified atom stereocenters. The van der Waals surface area contributed by atoms with E-state index in [9.17, 15) is 4.79 Å². The van der Waals surface area contributed by atoms with Crippen LogP contribution in [0.15, 0.2) is 54.9 Å². The fourth-order valence-corrected chi connectivity index (χ4v) is 2.24. The number of nitrogens with zero attached hydrogens (tertiary/aromatic N) is 2. The fraction of sp³-hybridized carbons (Fsp3) is 0.294. The van der Waals surface area contributed by atoms with Crippen LogP contribution in [0.5, 0.6) is 0 Å². The highest BCUT2D eigenvalue weighted by Crippen LogP contribution is 2.15. The molecule has 0 saturated carbocycles. The summed E-state index contributed by atoms with van der Waals surface area (Å²) in [6.45, 7) is 1.62. The van der Waals surface area contributed by atoms with E-state index in [0.29, 0.717) is 6.42 Å². The summed E-state index contributed by atoms with van der Waals surface area (Å²) in [5, 5.41) is 8.78. The summed E-state index contributed by atoms with van der Waals surface area (Å²) in [6.07, 6.45) is 5.38. The summed E-state index contributed by atoms with van der Waals surface area (Å²) in [7, 11) is 0. The summed E-state index contributed by atoms with van der Waals surface area (Å²) in [4.78, 5) is 16.9. The molecule has 4 heteroatoms. The van der Waals surface area contributed by atoms with E-state index < -0.39 is 5.97 Å². The van der Waals surface area contributed by atoms with Crippen molar-refractivity contribution in [1.29, 1.82) is 0 Å². The van der Waals surface area contributed by atoms with Gasteiger partial charge in [0.15, 0.2) is 0 Å². The Morgan fingerprint density at radius 1 is 1.05 bits per heavy atom. The van der Waals surface area contributed by atoms with E-state index in [-0.39, 0.29) is 6.42 Å². The van der Waals surface area contributed by atoms with Crippen LogP contribution < -0.4 is 4.90 Å². The highest BCUT2D eigenvalue weighted by atomic mass is 16.4. The predicted molar refractivity (Wildman–Crippen MR) is 83.5 cm³/mol. The number of para-hydroxylation sites is 1. The van der Waals surface area contributed by atoms with Crippen molar-refractivity contribution in [3.05, 3.63) is 60.4 Å². The molecule has 0 amide bonds. The smallest absolute Gasteiger partial charge is 0.303 e. The molecule has 0 atom stereocenters. The van der Waals surface area contributed by atoms with Gasteiger partial charge in [-0.25, -0.2) is 0 Å². The van der Waals surface area contributed by atoms with Gasteiger partial charge in [0.1, 0.15) is 0 Å². The topological polar surface area (TPSA) is 53.4 Å². The Kier molecular flexibility index (Phi) is 5.76. The highest BCUT2D eigenvalue weighted by molar-refractivity contribution is 5.66. The minimum Gasteiger partial charge on any atom is -0.481 e. The van der Waals surface area contributed by atoms with Gasteiger partial charge >= 0.3 is 5.97 Å². The van der Waals surface area contributed by atoms with E-state index in [0.717, 1.165) is 25.2 Å². The minimum atomic E-state index is -0.739. The van der Waals surface area contributed by atoms with Crippen LogP contribution in [0.25, 0.3) is 0 Å². The van der Waals surface area contributed by atoms with Gasteiger partial charge < -0.3 is 10.0 Å². The van der Waals surface area contributed by atoms with Crippen LogP contribution in [0.2, 0.25) is 0 Å². The molecule has 4 nitrogen and oxygen atoms in total. The first-order valence-electron chi connectivity index (χ1n) is 7.16. The lowest BCUT2D eigenvalue weighted by atomic mass is 10.1. The van der Waals surface area contributed by atoms with E-state index in [2.05, 4.69) is 22.0 Å². The van der Waals surface area contributed by atoms with Crippen LogP contribution in [-0.4, -0.2) is 29.1 Å². The summed E-state index contributed by atoms with van der Waals surface area (Å²) in [6, 6.07) is 14.2. The van der Waals surface area contributed by atoms with Crippen molar-refractivity contribution in [3.8, 4) is 0 Å². The minimum absolute atomic E-state index is 0.207. The Morgan fingerprint density at radius 2 is 1.76 bits per heavy atom. The number of carboxylic acids is 1. The summed E-state index contributed by atoms with van der Waals surface area (Å²) < 4.78 is 0. The molecule has 2 rings (SSSR count). The summed E-state index contributed by atoms with van der Waals surface area (Å²) in [5.74, 6) is -0.739. The monoisotopic (exact) mass is 284 g/mol. The second-order valence-corrected chi connectivity index (χ2v) is 4.93. The molecule has 0 bridgehead atoms. The van der Waals surface area contributed by atoms with Crippen LogP contribution in [0.3, 0.4) is 0 Å². The number of aromatic nitrogens is 1. The molecule has 1 N–H and O–H groups in total. The van der Waals surface area contributed by atoms with E-state index in [1.54, 1.807) is 12.4 Å². The predicted octanol–water partition coefficient (Wildman–Crippen LogP) is 3.00. The zero-order chi connectivity index (χ0) is 14.9. The van der Waals surface area contributed by atoms with Gasteiger partial charge in [-0.2, -0.15) is 0 Å². The van der Waals surface area contributed by atoms with Gasteiger partial charge in [0.2, 0.25) is 0 Å². The number of rotatable bonds is 8. The molecule has 1 aromatic heterocycles. The van der Waals surface area contributed by atoms with Crippen LogP contribution >= 0.6 is 0 Å². The number of aliphatic carboxylic acids is 1. The number of anilines is 1. The zero-order valence-electron chi connectivity index (χ0n) is 12.0. The lowest BCUT2D eigenvalue weighted by Gasteiger charge is -2.24. The lowest BCUT2D eigenvalue weighted by Crippen LogP contribution is -2.27. The number of hydrogen-bond acceptors (Lipinski definition) is 3. The molecule has 0 aliphatic rings. The standard InChI is InChI=1S/C17H20N2O2/c20-17(21)7-4-13-19(16-5-2-1-3-6-16)14-10-15-8-11-18-12-9-15/h1-3,5-6,8-9,11-12H,4,7,10,13-14H2,(H,20,21). The molecule has 1 heterocycles. The first-order chi connectivity index (χ1) is 10.3. The Balaban J connectivity index is 1.96. The van der Waals surface area contributed by atoms with Crippen LogP contribution in [0.1, 0.15) is 18.4 Å². The maximum atomic E-state index is 10.7. The molecule has 110 valence electrons. The Bertz CT molecular complexity index is 543. The third kappa shape index (κ3) is 5.26. The second-order valence-electron chi connectivity index (χ2n) is 4.93. The molecule has 0 fully saturated rings. The first-order valence-corrected chi connectivity index (χ1v) is 7.16. The Hall–Kier alpha value is -2.36. The largest absolute Gasteiger partial charge is 0.481 e. The average Bonchev–Trinajstić information content (AvgIpc) is 2.52. The van der Waals surface area contributed by atoms with Crippen molar-refractivity contribution in [2.75, 3.05) is 18.0 Å². The van der Waals surface area contributed by atoms with Crippen molar-refractivity contribution >= 4 is 11.7 Å². The van der Waals surface area contributed by atoms with Gasteiger partial charge in [0, 0.05) is 37.6 Å². The quantitative estimate of drug-likeness (QED) is 0.809. The Labute approximate surface area is 125 Å². The maximum Gasteiger partial charge on any atom is 0.303 e. The van der Waals surface area contributed by atoms with Crippen molar-refractivity contribution in [2.45, 2.75) is 19.3 Å². The molecule has 2 aromatic rings. The number of hydrogen-bond donors (Lipinski definition) is 1. The van der Waals surface area contributed by atoms with Gasteiger partial charge in [0.05, 0.1) is 0 Å². The molecule has 21 heavy (non-hydrogen) atoms. The number of carbonyl (C=O) groups is 1. The van der Waals surface area contributed by atoms with E-state index in [1.807, 2.05) is 30.3 Å². The summed E-state index contributed by atoms with van der Waals surface area (Å²) >= 11 is 0. The lowest BCUT2D eigenvalue weighted by molar-refractivity contribution is -0.137. The van der Waals surface area contributed by atoms with E-state index >= 15 is 0 Å². The van der Waals surface area contributed by atoms with E-state index in [4.69, 9.17) is 5.11 Å². The molecular weight excluding hydrogens is 264 g/mol. The number of carboxylic acid groups (broad SMARTS) is 1. The third-order valence-electron chi connectivity index (χ3n) is 3.36. The van der Waals surface area contributed by atoms with Crippen molar-refractivity contribution in [2.24, 2.45) is 0 Å². The fourth-order valence-electron chi connectivity index (χ4n) is 2.24. The van der Waals surface area contributed by atoms with Crippen LogP contribution in [0, 0.1) is 0 Å². The normalized spacial score (nSPS) is 10.3. The molecule has 1 aromatic carbocycles. The number of benzene rings is 1. The van der Waals surface area contributed by atoms with Crippen LogP contribution in [-0.2, 0) is 11.2 Å². The van der Waals surface area contributed by atoms with Gasteiger partial charge in [0.25, 0.3) is 0 Å². The molecule has 0 saturated heterocycles. The van der Waals surface area contributed by atoms with Gasteiger partial charge in [-0.1, -0.05) is 18.2 Å². The van der Waals surface area contributed by atoms with Gasteiger partial charge in [-0.05, 0) is 42.7 Å². The number of pyridine rings is 1. The molecule has 0 spiro atoms. The van der Waals surface area contributed by atoms with Crippen molar-refractivity contribution < 1.29 is 9.90 Å². The molecule has 0 radical (unpaired) electrons.